The maximum atomic E-state index is 11.7. The van der Waals surface area contributed by atoms with E-state index in [4.69, 9.17) is 16.1 Å². The topological polar surface area (TPSA) is 98.7 Å². The Morgan fingerprint density at radius 1 is 1.48 bits per heavy atom. The molecule has 0 radical (unpaired) electrons. The highest BCUT2D eigenvalue weighted by molar-refractivity contribution is 6.30. The van der Waals surface area contributed by atoms with Gasteiger partial charge in [0.25, 0.3) is 0 Å². The van der Waals surface area contributed by atoms with Crippen molar-refractivity contribution in [1.29, 1.82) is 0 Å². The molecule has 9 heteroatoms. The summed E-state index contributed by atoms with van der Waals surface area (Å²) in [5.74, 6) is -0.466. The van der Waals surface area contributed by atoms with Gasteiger partial charge in [0, 0.05) is 11.6 Å². The van der Waals surface area contributed by atoms with Gasteiger partial charge in [0.1, 0.15) is 0 Å². The fraction of sp³-hybridized carbons (Fsp3) is 0.0714. The van der Waals surface area contributed by atoms with E-state index in [2.05, 4.69) is 32.3 Å². The molecule has 0 fully saturated rings. The van der Waals surface area contributed by atoms with Gasteiger partial charge in [-0.1, -0.05) is 34.1 Å². The van der Waals surface area contributed by atoms with Crippen LogP contribution >= 0.6 is 11.6 Å². The van der Waals surface area contributed by atoms with Crippen LogP contribution < -0.4 is 5.32 Å². The number of hydrogen-bond donors (Lipinski definition) is 1. The Bertz CT molecular complexity index is 856. The number of carbonyl (C=O) groups excluding carboxylic acids is 1. The number of nitrogens with one attached hydrogen (secondary N) is 1. The van der Waals surface area contributed by atoms with E-state index in [0.717, 1.165) is 5.69 Å². The van der Waals surface area contributed by atoms with E-state index in [9.17, 15) is 4.79 Å². The lowest BCUT2D eigenvalue weighted by atomic mass is 10.3. The molecule has 0 saturated carbocycles. The van der Waals surface area contributed by atoms with Crippen molar-refractivity contribution in [3.05, 3.63) is 54.0 Å². The maximum Gasteiger partial charge on any atom is 0.316 e. The molecule has 0 aliphatic carbocycles. The van der Waals surface area contributed by atoms with Gasteiger partial charge in [0.05, 0.1) is 11.9 Å². The normalized spacial score (nSPS) is 10.5. The van der Waals surface area contributed by atoms with Gasteiger partial charge in [-0.15, -0.1) is 11.7 Å². The van der Waals surface area contributed by atoms with Gasteiger partial charge in [-0.05, 0) is 18.2 Å². The van der Waals surface area contributed by atoms with Gasteiger partial charge in [-0.2, -0.15) is 4.98 Å². The summed E-state index contributed by atoms with van der Waals surface area (Å²) in [6.07, 6.45) is 3.16. The van der Waals surface area contributed by atoms with Crippen molar-refractivity contribution >= 4 is 17.5 Å². The fourth-order valence-corrected chi connectivity index (χ4v) is 1.96. The number of rotatable bonds is 5. The van der Waals surface area contributed by atoms with E-state index in [1.807, 2.05) is 6.07 Å². The van der Waals surface area contributed by atoms with Gasteiger partial charge in [0.2, 0.25) is 5.82 Å². The van der Waals surface area contributed by atoms with Gasteiger partial charge < -0.3 is 9.84 Å². The third-order valence-corrected chi connectivity index (χ3v) is 3.06. The predicted molar refractivity (Wildman–Crippen MR) is 82.2 cm³/mol. The van der Waals surface area contributed by atoms with Crippen LogP contribution in [0.5, 0.6) is 0 Å². The summed E-state index contributed by atoms with van der Waals surface area (Å²) in [7, 11) is 0. The summed E-state index contributed by atoms with van der Waals surface area (Å²) >= 11 is 5.95. The molecule has 2 aromatic heterocycles. The number of nitrogens with zero attached hydrogens (tertiary/aromatic N) is 5. The molecule has 2 heterocycles. The lowest BCUT2D eigenvalue weighted by Crippen LogP contribution is -2.23. The molecule has 23 heavy (non-hydrogen) atoms. The number of carbonyl (C=O) groups is 1. The summed E-state index contributed by atoms with van der Waals surface area (Å²) < 4.78 is 6.43. The molecule has 0 aliphatic rings. The van der Waals surface area contributed by atoms with Crippen molar-refractivity contribution in [2.75, 3.05) is 6.54 Å². The van der Waals surface area contributed by atoms with Gasteiger partial charge in [-0.3, -0.25) is 4.79 Å². The molecule has 0 bridgehead atoms. The van der Waals surface area contributed by atoms with Crippen molar-refractivity contribution in [2.45, 2.75) is 0 Å². The first-order valence-corrected chi connectivity index (χ1v) is 6.96. The van der Waals surface area contributed by atoms with Crippen LogP contribution in [0, 0.1) is 0 Å². The summed E-state index contributed by atoms with van der Waals surface area (Å²) in [5, 5.41) is 14.8. The number of aromatic nitrogens is 5. The standard InChI is InChI=1S/C14H11ClN6O2/c1-2-6-16-13(22)14-17-12(19-23-14)11-8-21(20-18-11)10-5-3-4-9(15)7-10/h2-5,7-8H,1,6H2,(H,16,22). The summed E-state index contributed by atoms with van der Waals surface area (Å²) in [6.45, 7) is 3.81. The fourth-order valence-electron chi connectivity index (χ4n) is 1.77. The summed E-state index contributed by atoms with van der Waals surface area (Å²) in [6, 6.07) is 7.13. The van der Waals surface area contributed by atoms with Crippen molar-refractivity contribution in [3.63, 3.8) is 0 Å². The van der Waals surface area contributed by atoms with Crippen LogP contribution in [0.15, 0.2) is 47.6 Å². The van der Waals surface area contributed by atoms with Crippen LogP contribution in [-0.4, -0.2) is 37.6 Å². The lowest BCUT2D eigenvalue weighted by Gasteiger charge is -1.98. The zero-order valence-electron chi connectivity index (χ0n) is 11.8. The highest BCUT2D eigenvalue weighted by Gasteiger charge is 2.17. The number of benzene rings is 1. The van der Waals surface area contributed by atoms with E-state index in [-0.39, 0.29) is 11.7 Å². The molecule has 0 atom stereocenters. The van der Waals surface area contributed by atoms with Gasteiger partial charge in [0.15, 0.2) is 5.69 Å². The van der Waals surface area contributed by atoms with Crippen LogP contribution in [0.2, 0.25) is 5.02 Å². The van der Waals surface area contributed by atoms with Crippen molar-refractivity contribution < 1.29 is 9.32 Å². The monoisotopic (exact) mass is 330 g/mol. The van der Waals surface area contributed by atoms with E-state index in [1.54, 1.807) is 30.5 Å². The average Bonchev–Trinajstić information content (AvgIpc) is 3.21. The first-order valence-electron chi connectivity index (χ1n) is 6.59. The predicted octanol–water partition coefficient (Wildman–Crippen LogP) is 1.89. The maximum absolute atomic E-state index is 11.7. The molecule has 0 spiro atoms. The molecule has 3 rings (SSSR count). The van der Waals surface area contributed by atoms with Crippen LogP contribution in [0.25, 0.3) is 17.2 Å². The minimum atomic E-state index is -0.481. The van der Waals surface area contributed by atoms with Gasteiger partial charge >= 0.3 is 11.8 Å². The minimum absolute atomic E-state index is 0.154. The zero-order valence-corrected chi connectivity index (χ0v) is 12.6. The summed E-state index contributed by atoms with van der Waals surface area (Å²) in [4.78, 5) is 15.7. The Morgan fingerprint density at radius 3 is 3.13 bits per heavy atom. The van der Waals surface area contributed by atoms with Crippen molar-refractivity contribution in [1.82, 2.24) is 30.5 Å². The Balaban J connectivity index is 1.82. The Morgan fingerprint density at radius 2 is 2.35 bits per heavy atom. The highest BCUT2D eigenvalue weighted by Crippen LogP contribution is 2.17. The molecule has 3 aromatic rings. The third-order valence-electron chi connectivity index (χ3n) is 2.82. The molecule has 1 aromatic carbocycles. The van der Waals surface area contributed by atoms with E-state index < -0.39 is 5.91 Å². The van der Waals surface area contributed by atoms with Crippen LogP contribution in [0.3, 0.4) is 0 Å². The van der Waals surface area contributed by atoms with E-state index in [1.165, 1.54) is 4.68 Å². The second kappa shape index (κ2) is 6.41. The summed E-state index contributed by atoms with van der Waals surface area (Å²) in [5.41, 5.74) is 1.11. The van der Waals surface area contributed by atoms with E-state index >= 15 is 0 Å². The molecule has 0 saturated heterocycles. The lowest BCUT2D eigenvalue weighted by molar-refractivity contribution is 0.0914. The van der Waals surface area contributed by atoms with Gasteiger partial charge in [-0.25, -0.2) is 4.68 Å². The first kappa shape index (κ1) is 14.9. The van der Waals surface area contributed by atoms with Crippen molar-refractivity contribution in [2.24, 2.45) is 0 Å². The smallest absolute Gasteiger partial charge is 0.316 e. The van der Waals surface area contributed by atoms with Crippen LogP contribution in [0.1, 0.15) is 10.7 Å². The molecule has 116 valence electrons. The Kier molecular flexibility index (Phi) is 4.15. The average molecular weight is 331 g/mol. The van der Waals surface area contributed by atoms with Crippen LogP contribution in [-0.2, 0) is 0 Å². The Hall–Kier alpha value is -3.00. The second-order valence-electron chi connectivity index (χ2n) is 4.45. The molecule has 0 unspecified atom stereocenters. The number of halogens is 1. The molecular formula is C14H11ClN6O2. The largest absolute Gasteiger partial charge is 0.344 e. The van der Waals surface area contributed by atoms with Crippen molar-refractivity contribution in [3.8, 4) is 17.2 Å². The minimum Gasteiger partial charge on any atom is -0.344 e. The molecule has 1 amide bonds. The molecular weight excluding hydrogens is 320 g/mol. The number of amides is 1. The third kappa shape index (κ3) is 3.27. The first-order chi connectivity index (χ1) is 11.2. The quantitative estimate of drug-likeness (QED) is 0.717. The second-order valence-corrected chi connectivity index (χ2v) is 4.89. The zero-order chi connectivity index (χ0) is 16.2. The van der Waals surface area contributed by atoms with E-state index in [0.29, 0.717) is 17.3 Å². The Labute approximate surface area is 135 Å². The highest BCUT2D eigenvalue weighted by atomic mass is 35.5. The molecule has 0 aliphatic heterocycles. The number of hydrogen-bond acceptors (Lipinski definition) is 6. The molecule has 8 nitrogen and oxygen atoms in total. The molecule has 1 N–H and O–H groups in total. The SMILES string of the molecule is C=CCNC(=O)c1nc(-c2cn(-c3cccc(Cl)c3)nn2)no1. The van der Waals surface area contributed by atoms with Crippen LogP contribution in [0.4, 0.5) is 0 Å².